The van der Waals surface area contributed by atoms with Gasteiger partial charge in [0.15, 0.2) is 5.82 Å². The van der Waals surface area contributed by atoms with Crippen molar-refractivity contribution in [2.45, 2.75) is 6.92 Å². The number of hydrogen-bond donors (Lipinski definition) is 2. The zero-order valence-electron chi connectivity index (χ0n) is 8.77. The first kappa shape index (κ1) is 11.5. The molecular formula is C9H8BrN5O2. The number of nitrogens with one attached hydrogen (secondary N) is 2. The highest BCUT2D eigenvalue weighted by atomic mass is 79.9. The predicted octanol–water partition coefficient (Wildman–Crippen LogP) is 2.18. The monoisotopic (exact) mass is 297 g/mol. The van der Waals surface area contributed by atoms with E-state index in [-0.39, 0.29) is 5.95 Å². The molecule has 2 rings (SSSR count). The Morgan fingerprint density at radius 3 is 2.65 bits per heavy atom. The Balaban J connectivity index is 1.95. The van der Waals surface area contributed by atoms with Crippen molar-refractivity contribution in [1.82, 2.24) is 15.1 Å². The van der Waals surface area contributed by atoms with Gasteiger partial charge >= 0.3 is 6.03 Å². The Hall–Kier alpha value is -1.96. The maximum Gasteiger partial charge on any atom is 0.327 e. The molecule has 0 saturated heterocycles. The Morgan fingerprint density at radius 1 is 1.35 bits per heavy atom. The fourth-order valence-corrected chi connectivity index (χ4v) is 1.26. The lowest BCUT2D eigenvalue weighted by molar-refractivity contribution is 0.261. The largest absolute Gasteiger partial charge is 0.360 e. The minimum atomic E-state index is -0.486. The van der Waals surface area contributed by atoms with E-state index in [9.17, 15) is 4.79 Å². The molecule has 0 aliphatic rings. The number of carbonyl (C=O) groups is 1. The molecule has 2 N–H and O–H groups in total. The SMILES string of the molecule is Cc1cc(NC(=O)Nc2ncc(Br)cn2)no1. The topological polar surface area (TPSA) is 92.9 Å². The standard InChI is InChI=1S/C9H8BrN5O2/c1-5-2-7(15-17-5)13-9(16)14-8-11-3-6(10)4-12-8/h2-4H,1H3,(H2,11,12,13,14,15,16). The minimum absolute atomic E-state index is 0.200. The van der Waals surface area contributed by atoms with Crippen LogP contribution < -0.4 is 10.6 Å². The van der Waals surface area contributed by atoms with Crippen molar-refractivity contribution < 1.29 is 9.32 Å². The van der Waals surface area contributed by atoms with Crippen LogP contribution in [0.25, 0.3) is 0 Å². The maximum absolute atomic E-state index is 11.5. The summed E-state index contributed by atoms with van der Waals surface area (Å²) >= 11 is 3.19. The van der Waals surface area contributed by atoms with Crippen molar-refractivity contribution >= 4 is 33.7 Å². The minimum Gasteiger partial charge on any atom is -0.360 e. The zero-order chi connectivity index (χ0) is 12.3. The Kier molecular flexibility index (Phi) is 3.33. The molecule has 0 fully saturated rings. The fourth-order valence-electron chi connectivity index (χ4n) is 1.05. The van der Waals surface area contributed by atoms with Gasteiger partial charge in [-0.05, 0) is 22.9 Å². The molecule has 0 radical (unpaired) electrons. The summed E-state index contributed by atoms with van der Waals surface area (Å²) in [6, 6.07) is 1.11. The van der Waals surface area contributed by atoms with Crippen LogP contribution in [0.1, 0.15) is 5.76 Å². The first-order chi connectivity index (χ1) is 8.13. The summed E-state index contributed by atoms with van der Waals surface area (Å²) in [6.45, 7) is 1.73. The van der Waals surface area contributed by atoms with Gasteiger partial charge in [0.25, 0.3) is 0 Å². The fraction of sp³-hybridized carbons (Fsp3) is 0.111. The average molecular weight is 298 g/mol. The summed E-state index contributed by atoms with van der Waals surface area (Å²) in [5.41, 5.74) is 0. The van der Waals surface area contributed by atoms with Crippen molar-refractivity contribution in [3.8, 4) is 0 Å². The number of rotatable bonds is 2. The number of nitrogens with zero attached hydrogens (tertiary/aromatic N) is 3. The van der Waals surface area contributed by atoms with Crippen molar-refractivity contribution in [3.63, 3.8) is 0 Å². The second-order valence-corrected chi connectivity index (χ2v) is 4.04. The lowest BCUT2D eigenvalue weighted by atomic mass is 10.5. The molecule has 2 heterocycles. The van der Waals surface area contributed by atoms with Gasteiger partial charge in [-0.1, -0.05) is 5.16 Å². The molecule has 0 spiro atoms. The first-order valence-electron chi connectivity index (χ1n) is 4.62. The third-order valence-corrected chi connectivity index (χ3v) is 2.12. The molecule has 0 bridgehead atoms. The molecule has 0 aromatic carbocycles. The third kappa shape index (κ3) is 3.25. The smallest absolute Gasteiger partial charge is 0.327 e. The van der Waals surface area contributed by atoms with Crippen LogP contribution in [0.3, 0.4) is 0 Å². The van der Waals surface area contributed by atoms with Gasteiger partial charge in [-0.2, -0.15) is 0 Å². The molecular weight excluding hydrogens is 290 g/mol. The van der Waals surface area contributed by atoms with Crippen molar-refractivity contribution in [1.29, 1.82) is 0 Å². The molecule has 0 aliphatic carbocycles. The molecule has 0 atom stereocenters. The highest BCUT2D eigenvalue weighted by Crippen LogP contribution is 2.09. The van der Waals surface area contributed by atoms with Gasteiger partial charge in [-0.3, -0.25) is 10.6 Å². The average Bonchev–Trinajstić information content (AvgIpc) is 2.67. The third-order valence-electron chi connectivity index (χ3n) is 1.72. The number of aromatic nitrogens is 3. The van der Waals surface area contributed by atoms with Gasteiger partial charge in [0.2, 0.25) is 5.95 Å². The van der Waals surface area contributed by atoms with Crippen LogP contribution in [0.15, 0.2) is 27.5 Å². The van der Waals surface area contributed by atoms with E-state index in [1.165, 1.54) is 12.4 Å². The second kappa shape index (κ2) is 4.91. The van der Waals surface area contributed by atoms with E-state index >= 15 is 0 Å². The van der Waals surface area contributed by atoms with E-state index in [1.54, 1.807) is 13.0 Å². The van der Waals surface area contributed by atoms with Gasteiger partial charge < -0.3 is 4.52 Å². The lowest BCUT2D eigenvalue weighted by Gasteiger charge is -2.02. The highest BCUT2D eigenvalue weighted by molar-refractivity contribution is 9.10. The number of urea groups is 1. The molecule has 0 unspecified atom stereocenters. The first-order valence-corrected chi connectivity index (χ1v) is 5.41. The Labute approximate surface area is 105 Å². The van der Waals surface area contributed by atoms with Gasteiger partial charge in [0.1, 0.15) is 5.76 Å². The number of carbonyl (C=O) groups excluding carboxylic acids is 1. The van der Waals surface area contributed by atoms with Crippen molar-refractivity contribution in [3.05, 3.63) is 28.7 Å². The zero-order valence-corrected chi connectivity index (χ0v) is 10.4. The van der Waals surface area contributed by atoms with Crippen LogP contribution in [0.2, 0.25) is 0 Å². The second-order valence-electron chi connectivity index (χ2n) is 3.13. The number of anilines is 2. The molecule has 7 nitrogen and oxygen atoms in total. The number of aryl methyl sites for hydroxylation is 1. The molecule has 2 aromatic rings. The van der Waals surface area contributed by atoms with Gasteiger partial charge in [-0.15, -0.1) is 0 Å². The molecule has 8 heteroatoms. The molecule has 2 aromatic heterocycles. The predicted molar refractivity (Wildman–Crippen MR) is 63.6 cm³/mol. The van der Waals surface area contributed by atoms with Crippen LogP contribution in [-0.4, -0.2) is 21.2 Å². The van der Waals surface area contributed by atoms with Crippen LogP contribution in [-0.2, 0) is 0 Å². The summed E-state index contributed by atoms with van der Waals surface area (Å²) in [5, 5.41) is 8.55. The summed E-state index contributed by atoms with van der Waals surface area (Å²) in [6.07, 6.45) is 3.06. The summed E-state index contributed by atoms with van der Waals surface area (Å²) in [7, 11) is 0. The maximum atomic E-state index is 11.5. The lowest BCUT2D eigenvalue weighted by Crippen LogP contribution is -2.20. The van der Waals surface area contributed by atoms with Gasteiger partial charge in [-0.25, -0.2) is 14.8 Å². The van der Waals surface area contributed by atoms with E-state index in [0.29, 0.717) is 11.6 Å². The van der Waals surface area contributed by atoms with Gasteiger partial charge in [0, 0.05) is 18.5 Å². The van der Waals surface area contributed by atoms with Crippen LogP contribution in [0, 0.1) is 6.92 Å². The number of hydrogen-bond acceptors (Lipinski definition) is 5. The Bertz CT molecular complexity index is 524. The molecule has 88 valence electrons. The van der Waals surface area contributed by atoms with Crippen LogP contribution >= 0.6 is 15.9 Å². The summed E-state index contributed by atoms with van der Waals surface area (Å²) in [5.74, 6) is 1.14. The van der Waals surface area contributed by atoms with Crippen molar-refractivity contribution in [2.75, 3.05) is 10.6 Å². The van der Waals surface area contributed by atoms with E-state index in [2.05, 4.69) is 41.7 Å². The molecule has 17 heavy (non-hydrogen) atoms. The van der Waals surface area contributed by atoms with Crippen molar-refractivity contribution in [2.24, 2.45) is 0 Å². The molecule has 2 amide bonds. The summed E-state index contributed by atoms with van der Waals surface area (Å²) in [4.78, 5) is 19.3. The Morgan fingerprint density at radius 2 is 2.06 bits per heavy atom. The van der Waals surface area contributed by atoms with E-state index < -0.39 is 6.03 Å². The van der Waals surface area contributed by atoms with E-state index in [1.807, 2.05) is 0 Å². The summed E-state index contributed by atoms with van der Waals surface area (Å²) < 4.78 is 5.53. The molecule has 0 aliphatic heterocycles. The normalized spacial score (nSPS) is 10.0. The quantitative estimate of drug-likeness (QED) is 0.886. The van der Waals surface area contributed by atoms with E-state index in [4.69, 9.17) is 4.52 Å². The number of amides is 2. The van der Waals surface area contributed by atoms with Crippen LogP contribution in [0.4, 0.5) is 16.6 Å². The number of halogens is 1. The van der Waals surface area contributed by atoms with Crippen LogP contribution in [0.5, 0.6) is 0 Å². The van der Waals surface area contributed by atoms with Gasteiger partial charge in [0.05, 0.1) is 4.47 Å². The molecule has 0 saturated carbocycles. The van der Waals surface area contributed by atoms with E-state index in [0.717, 1.165) is 4.47 Å². The highest BCUT2D eigenvalue weighted by Gasteiger charge is 2.07.